The number of aliphatic imine (C=N–C) groups is 1. The molecule has 0 saturated carbocycles. The van der Waals surface area contributed by atoms with Crippen LogP contribution in [0, 0.1) is 11.6 Å². The van der Waals surface area contributed by atoms with Gasteiger partial charge in [-0.25, -0.2) is 13.8 Å². The molecular formula is C16H24F2N4O. The predicted octanol–water partition coefficient (Wildman–Crippen LogP) is 1.93. The van der Waals surface area contributed by atoms with E-state index < -0.39 is 11.6 Å². The maximum atomic E-state index is 13.6. The van der Waals surface area contributed by atoms with E-state index in [1.54, 1.807) is 0 Å². The van der Waals surface area contributed by atoms with E-state index in [1.807, 2.05) is 27.7 Å². The van der Waals surface area contributed by atoms with Crippen molar-refractivity contribution < 1.29 is 13.6 Å². The van der Waals surface area contributed by atoms with Gasteiger partial charge in [0.15, 0.2) is 5.96 Å². The van der Waals surface area contributed by atoms with Crippen LogP contribution in [0.2, 0.25) is 0 Å². The second-order valence-corrected chi connectivity index (χ2v) is 6.08. The predicted molar refractivity (Wildman–Crippen MR) is 87.1 cm³/mol. The number of nitrogens with zero attached hydrogens (tertiary/aromatic N) is 1. The molecule has 3 N–H and O–H groups in total. The summed E-state index contributed by atoms with van der Waals surface area (Å²) >= 11 is 0. The Hall–Kier alpha value is -2.18. The minimum Gasteiger partial charge on any atom is -0.357 e. The molecule has 0 atom stereocenters. The monoisotopic (exact) mass is 326 g/mol. The smallest absolute Gasteiger partial charge is 0.239 e. The molecule has 0 saturated heterocycles. The third-order valence-electron chi connectivity index (χ3n) is 2.69. The maximum absolute atomic E-state index is 13.6. The Labute approximate surface area is 135 Å². The molecule has 0 aliphatic rings. The van der Waals surface area contributed by atoms with Crippen molar-refractivity contribution >= 4 is 11.9 Å². The van der Waals surface area contributed by atoms with Crippen LogP contribution in [0.3, 0.4) is 0 Å². The van der Waals surface area contributed by atoms with Crippen LogP contribution in [0.4, 0.5) is 8.78 Å². The number of nitrogens with one attached hydrogen (secondary N) is 3. The Kier molecular flexibility index (Phi) is 6.93. The summed E-state index contributed by atoms with van der Waals surface area (Å²) in [7, 11) is 0. The molecule has 128 valence electrons. The summed E-state index contributed by atoms with van der Waals surface area (Å²) in [6.45, 7) is 8.12. The van der Waals surface area contributed by atoms with E-state index in [2.05, 4.69) is 20.9 Å². The molecule has 0 heterocycles. The molecule has 1 rings (SSSR count). The van der Waals surface area contributed by atoms with Gasteiger partial charge in [-0.05, 0) is 45.9 Å². The molecule has 7 heteroatoms. The van der Waals surface area contributed by atoms with E-state index in [0.717, 1.165) is 18.2 Å². The van der Waals surface area contributed by atoms with Crippen molar-refractivity contribution in [1.82, 2.24) is 16.0 Å². The Morgan fingerprint density at radius 1 is 1.22 bits per heavy atom. The summed E-state index contributed by atoms with van der Waals surface area (Å²) in [5.41, 5.74) is -0.166. The van der Waals surface area contributed by atoms with Gasteiger partial charge in [0.25, 0.3) is 0 Å². The molecule has 0 bridgehead atoms. The standard InChI is InChI=1S/C16H24F2N4O/c1-5-19-15(21-10-14(23)22-16(2,3)4)20-9-11-8-12(17)6-7-13(11)18/h6-8H,5,9-10H2,1-4H3,(H,22,23)(H2,19,20,21). The van der Waals surface area contributed by atoms with Gasteiger partial charge in [-0.15, -0.1) is 0 Å². The minimum absolute atomic E-state index is 0.0280. The lowest BCUT2D eigenvalue weighted by atomic mass is 10.1. The fourth-order valence-electron chi connectivity index (χ4n) is 1.80. The van der Waals surface area contributed by atoms with Crippen LogP contribution >= 0.6 is 0 Å². The third kappa shape index (κ3) is 7.58. The zero-order chi connectivity index (χ0) is 17.5. The lowest BCUT2D eigenvalue weighted by molar-refractivity contribution is -0.121. The third-order valence-corrected chi connectivity index (χ3v) is 2.69. The Bertz CT molecular complexity index is 568. The summed E-state index contributed by atoms with van der Waals surface area (Å²) in [5, 5.41) is 8.62. The number of benzene rings is 1. The molecule has 0 spiro atoms. The molecule has 0 aromatic heterocycles. The van der Waals surface area contributed by atoms with E-state index in [1.165, 1.54) is 0 Å². The lowest BCUT2D eigenvalue weighted by Crippen LogP contribution is -2.48. The van der Waals surface area contributed by atoms with Crippen LogP contribution in [-0.2, 0) is 11.3 Å². The topological polar surface area (TPSA) is 65.5 Å². The van der Waals surface area contributed by atoms with Crippen LogP contribution in [0.25, 0.3) is 0 Å². The molecule has 0 unspecified atom stereocenters. The highest BCUT2D eigenvalue weighted by atomic mass is 19.1. The van der Waals surface area contributed by atoms with Crippen LogP contribution < -0.4 is 16.0 Å². The fourth-order valence-corrected chi connectivity index (χ4v) is 1.80. The van der Waals surface area contributed by atoms with Gasteiger partial charge in [0.05, 0.1) is 13.1 Å². The number of carbonyl (C=O) groups excluding carboxylic acids is 1. The molecule has 1 aromatic carbocycles. The van der Waals surface area contributed by atoms with Gasteiger partial charge >= 0.3 is 0 Å². The van der Waals surface area contributed by atoms with Gasteiger partial charge in [0.2, 0.25) is 5.91 Å². The van der Waals surface area contributed by atoms with Gasteiger partial charge in [-0.2, -0.15) is 0 Å². The summed E-state index contributed by atoms with van der Waals surface area (Å²) in [5.74, 6) is -0.851. The first kappa shape index (κ1) is 18.9. The van der Waals surface area contributed by atoms with Gasteiger partial charge in [-0.1, -0.05) is 0 Å². The van der Waals surface area contributed by atoms with Gasteiger partial charge in [0, 0.05) is 17.6 Å². The first-order valence-electron chi connectivity index (χ1n) is 7.48. The SMILES string of the molecule is CCNC(=NCc1cc(F)ccc1F)NCC(=O)NC(C)(C)C. The number of halogens is 2. The van der Waals surface area contributed by atoms with Crippen LogP contribution in [0.1, 0.15) is 33.3 Å². The number of amides is 1. The Morgan fingerprint density at radius 2 is 1.91 bits per heavy atom. The average Bonchev–Trinajstić information content (AvgIpc) is 2.43. The molecule has 0 aliphatic heterocycles. The summed E-state index contributed by atoms with van der Waals surface area (Å²) in [6.07, 6.45) is 0. The summed E-state index contributed by atoms with van der Waals surface area (Å²) < 4.78 is 26.7. The Morgan fingerprint density at radius 3 is 2.52 bits per heavy atom. The zero-order valence-corrected chi connectivity index (χ0v) is 14.0. The molecule has 5 nitrogen and oxygen atoms in total. The highest BCUT2D eigenvalue weighted by Crippen LogP contribution is 2.10. The summed E-state index contributed by atoms with van der Waals surface area (Å²) in [4.78, 5) is 15.9. The maximum Gasteiger partial charge on any atom is 0.239 e. The van der Waals surface area contributed by atoms with Crippen molar-refractivity contribution in [2.75, 3.05) is 13.1 Å². The van der Waals surface area contributed by atoms with E-state index >= 15 is 0 Å². The number of carbonyl (C=O) groups is 1. The van der Waals surface area contributed by atoms with Crippen LogP contribution in [-0.4, -0.2) is 30.5 Å². The van der Waals surface area contributed by atoms with Crippen molar-refractivity contribution in [1.29, 1.82) is 0 Å². The van der Waals surface area contributed by atoms with Gasteiger partial charge in [0.1, 0.15) is 11.6 Å². The molecule has 1 amide bonds. The molecular weight excluding hydrogens is 302 g/mol. The van der Waals surface area contributed by atoms with Crippen LogP contribution in [0.15, 0.2) is 23.2 Å². The molecule has 0 aliphatic carbocycles. The number of rotatable bonds is 5. The lowest BCUT2D eigenvalue weighted by Gasteiger charge is -2.21. The van der Waals surface area contributed by atoms with E-state index in [0.29, 0.717) is 12.5 Å². The second kappa shape index (κ2) is 8.45. The zero-order valence-electron chi connectivity index (χ0n) is 14.0. The molecule has 1 aromatic rings. The highest BCUT2D eigenvalue weighted by Gasteiger charge is 2.13. The molecule has 0 radical (unpaired) electrons. The van der Waals surface area contributed by atoms with Crippen molar-refractivity contribution in [2.45, 2.75) is 39.8 Å². The number of hydrogen-bond donors (Lipinski definition) is 3. The number of guanidine groups is 1. The normalized spacial score (nSPS) is 12.0. The molecule has 0 fully saturated rings. The summed E-state index contributed by atoms with van der Waals surface area (Å²) in [6, 6.07) is 3.23. The first-order chi connectivity index (χ1) is 10.7. The van der Waals surface area contributed by atoms with Gasteiger partial charge in [-0.3, -0.25) is 4.79 Å². The molecule has 23 heavy (non-hydrogen) atoms. The van der Waals surface area contributed by atoms with Crippen molar-refractivity contribution in [3.05, 3.63) is 35.4 Å². The minimum atomic E-state index is -0.517. The quantitative estimate of drug-likeness (QED) is 0.572. The second-order valence-electron chi connectivity index (χ2n) is 6.08. The van der Waals surface area contributed by atoms with Gasteiger partial charge < -0.3 is 16.0 Å². The van der Waals surface area contributed by atoms with E-state index in [4.69, 9.17) is 0 Å². The van der Waals surface area contributed by atoms with E-state index in [9.17, 15) is 13.6 Å². The number of hydrogen-bond acceptors (Lipinski definition) is 2. The highest BCUT2D eigenvalue weighted by molar-refractivity contribution is 5.86. The average molecular weight is 326 g/mol. The fraction of sp³-hybridized carbons (Fsp3) is 0.500. The Balaban J connectivity index is 2.66. The van der Waals surface area contributed by atoms with Crippen molar-refractivity contribution in [3.8, 4) is 0 Å². The van der Waals surface area contributed by atoms with E-state index in [-0.39, 0.29) is 30.1 Å². The first-order valence-corrected chi connectivity index (χ1v) is 7.48. The largest absolute Gasteiger partial charge is 0.357 e. The van der Waals surface area contributed by atoms with Crippen LogP contribution in [0.5, 0.6) is 0 Å². The van der Waals surface area contributed by atoms with Crippen molar-refractivity contribution in [3.63, 3.8) is 0 Å². The van der Waals surface area contributed by atoms with Crippen molar-refractivity contribution in [2.24, 2.45) is 4.99 Å².